The van der Waals surface area contributed by atoms with Crippen molar-refractivity contribution in [3.05, 3.63) is 47.0 Å². The van der Waals surface area contributed by atoms with Crippen LogP contribution in [0.25, 0.3) is 10.8 Å². The molecule has 2 atom stereocenters. The lowest BCUT2D eigenvalue weighted by molar-refractivity contribution is 0.0211. The number of likely N-dealkylation sites (N-methyl/N-ethyl adjacent to an activating group) is 1. The second-order valence-corrected chi connectivity index (χ2v) is 4.66. The lowest BCUT2D eigenvalue weighted by Crippen LogP contribution is -2.29. The summed E-state index contributed by atoms with van der Waals surface area (Å²) in [6.45, 7) is 0.321. The van der Waals surface area contributed by atoms with Crippen LogP contribution in [-0.2, 0) is 0 Å². The molecule has 2 aromatic rings. The third kappa shape index (κ3) is 2.49. The number of hydrogen-bond donors (Lipinski definition) is 3. The molecule has 2 unspecified atom stereocenters. The predicted molar refractivity (Wildman–Crippen MR) is 73.9 cm³/mol. The summed E-state index contributed by atoms with van der Waals surface area (Å²) in [7, 11) is 1.73. The predicted octanol–water partition coefficient (Wildman–Crippen LogP) is 2.11. The summed E-state index contributed by atoms with van der Waals surface area (Å²) in [5, 5.41) is 25.2. The number of rotatable bonds is 4. The first kappa shape index (κ1) is 13.3. The van der Waals surface area contributed by atoms with Crippen LogP contribution < -0.4 is 5.32 Å². The summed E-state index contributed by atoms with van der Waals surface area (Å²) >= 11 is 6.18. The van der Waals surface area contributed by atoms with E-state index in [1.54, 1.807) is 19.2 Å². The van der Waals surface area contributed by atoms with E-state index in [1.165, 1.54) is 0 Å². The van der Waals surface area contributed by atoms with Gasteiger partial charge in [-0.15, -0.1) is 0 Å². The van der Waals surface area contributed by atoms with Crippen LogP contribution in [0.15, 0.2) is 36.4 Å². The topological polar surface area (TPSA) is 52.5 Å². The largest absolute Gasteiger partial charge is 0.389 e. The molecular weight excluding hydrogens is 250 g/mol. The Morgan fingerprint density at radius 3 is 2.50 bits per heavy atom. The molecule has 0 saturated carbocycles. The molecule has 96 valence electrons. The van der Waals surface area contributed by atoms with Crippen molar-refractivity contribution in [3.63, 3.8) is 0 Å². The van der Waals surface area contributed by atoms with Gasteiger partial charge in [-0.05, 0) is 24.1 Å². The van der Waals surface area contributed by atoms with Gasteiger partial charge in [-0.1, -0.05) is 41.9 Å². The summed E-state index contributed by atoms with van der Waals surface area (Å²) in [5.41, 5.74) is 0.654. The number of fused-ring (bicyclic) bond motifs is 1. The second kappa shape index (κ2) is 5.67. The molecule has 0 radical (unpaired) electrons. The van der Waals surface area contributed by atoms with E-state index in [0.717, 1.165) is 10.8 Å². The van der Waals surface area contributed by atoms with Crippen molar-refractivity contribution >= 4 is 22.4 Å². The Labute approximate surface area is 111 Å². The fourth-order valence-corrected chi connectivity index (χ4v) is 2.39. The zero-order valence-electron chi connectivity index (χ0n) is 10.1. The van der Waals surface area contributed by atoms with Crippen LogP contribution in [-0.4, -0.2) is 29.9 Å². The number of benzene rings is 2. The van der Waals surface area contributed by atoms with Crippen LogP contribution in [0.2, 0.25) is 5.02 Å². The van der Waals surface area contributed by atoms with Gasteiger partial charge in [-0.25, -0.2) is 0 Å². The molecule has 3 nitrogen and oxygen atoms in total. The molecule has 0 aliphatic rings. The van der Waals surface area contributed by atoms with Gasteiger partial charge in [0, 0.05) is 17.0 Å². The van der Waals surface area contributed by atoms with E-state index in [4.69, 9.17) is 11.6 Å². The van der Waals surface area contributed by atoms with Gasteiger partial charge in [-0.2, -0.15) is 0 Å². The van der Waals surface area contributed by atoms with Gasteiger partial charge >= 0.3 is 0 Å². The van der Waals surface area contributed by atoms with Crippen molar-refractivity contribution < 1.29 is 10.2 Å². The standard InChI is InChI=1S/C14H16ClNO2/c1-16-8-12(17)14(18)10-6-2-4-9-5-3-7-11(15)13(9)10/h2-7,12,14,16-18H,8H2,1H3. The first-order chi connectivity index (χ1) is 8.65. The van der Waals surface area contributed by atoms with E-state index in [0.29, 0.717) is 17.1 Å². The summed E-state index contributed by atoms with van der Waals surface area (Å²) < 4.78 is 0. The number of hydrogen-bond acceptors (Lipinski definition) is 3. The number of nitrogens with one attached hydrogen (secondary N) is 1. The molecule has 18 heavy (non-hydrogen) atoms. The smallest absolute Gasteiger partial charge is 0.107 e. The first-order valence-corrected chi connectivity index (χ1v) is 6.21. The third-order valence-electron chi connectivity index (χ3n) is 2.98. The molecule has 2 aromatic carbocycles. The summed E-state index contributed by atoms with van der Waals surface area (Å²) in [5.74, 6) is 0. The summed E-state index contributed by atoms with van der Waals surface area (Å²) in [6, 6.07) is 11.2. The molecular formula is C14H16ClNO2. The quantitative estimate of drug-likeness (QED) is 0.794. The highest BCUT2D eigenvalue weighted by Gasteiger charge is 2.20. The van der Waals surface area contributed by atoms with Gasteiger partial charge in [-0.3, -0.25) is 0 Å². The molecule has 0 aliphatic heterocycles. The maximum atomic E-state index is 10.2. The van der Waals surface area contributed by atoms with Crippen molar-refractivity contribution in [2.45, 2.75) is 12.2 Å². The van der Waals surface area contributed by atoms with Gasteiger partial charge in [0.15, 0.2) is 0 Å². The van der Waals surface area contributed by atoms with Crippen LogP contribution >= 0.6 is 11.6 Å². The van der Waals surface area contributed by atoms with Crippen LogP contribution in [0.4, 0.5) is 0 Å². The monoisotopic (exact) mass is 265 g/mol. The van der Waals surface area contributed by atoms with Gasteiger partial charge < -0.3 is 15.5 Å². The zero-order valence-corrected chi connectivity index (χ0v) is 10.9. The van der Waals surface area contributed by atoms with Crippen molar-refractivity contribution in [1.29, 1.82) is 0 Å². The minimum Gasteiger partial charge on any atom is -0.389 e. The van der Waals surface area contributed by atoms with Gasteiger partial charge in [0.05, 0.1) is 6.10 Å². The van der Waals surface area contributed by atoms with Crippen molar-refractivity contribution in [2.75, 3.05) is 13.6 Å². The average molecular weight is 266 g/mol. The Bertz CT molecular complexity index is 539. The van der Waals surface area contributed by atoms with Crippen LogP contribution in [0.5, 0.6) is 0 Å². The molecule has 0 saturated heterocycles. The Morgan fingerprint density at radius 1 is 1.17 bits per heavy atom. The van der Waals surface area contributed by atoms with Gasteiger partial charge in [0.1, 0.15) is 6.10 Å². The van der Waals surface area contributed by atoms with Crippen molar-refractivity contribution in [2.24, 2.45) is 0 Å². The van der Waals surface area contributed by atoms with E-state index in [2.05, 4.69) is 5.32 Å². The van der Waals surface area contributed by atoms with Crippen LogP contribution in [0, 0.1) is 0 Å². The molecule has 0 amide bonds. The lowest BCUT2D eigenvalue weighted by atomic mass is 9.97. The molecule has 3 N–H and O–H groups in total. The maximum Gasteiger partial charge on any atom is 0.107 e. The first-order valence-electron chi connectivity index (χ1n) is 5.83. The van der Waals surface area contributed by atoms with E-state index >= 15 is 0 Å². The number of aliphatic hydroxyl groups excluding tert-OH is 2. The Hall–Kier alpha value is -1.13. The Kier molecular flexibility index (Phi) is 4.19. The van der Waals surface area contributed by atoms with Gasteiger partial charge in [0.2, 0.25) is 0 Å². The highest BCUT2D eigenvalue weighted by molar-refractivity contribution is 6.35. The van der Waals surface area contributed by atoms with E-state index in [1.807, 2.05) is 24.3 Å². The molecule has 0 heterocycles. The minimum atomic E-state index is -0.957. The molecule has 0 bridgehead atoms. The summed E-state index contributed by atoms with van der Waals surface area (Å²) in [4.78, 5) is 0. The Balaban J connectivity index is 2.50. The maximum absolute atomic E-state index is 10.2. The van der Waals surface area contributed by atoms with E-state index in [9.17, 15) is 10.2 Å². The Morgan fingerprint density at radius 2 is 1.83 bits per heavy atom. The molecule has 0 fully saturated rings. The molecule has 0 aliphatic carbocycles. The number of aliphatic hydroxyl groups is 2. The lowest BCUT2D eigenvalue weighted by Gasteiger charge is -2.20. The molecule has 4 heteroatoms. The fraction of sp³-hybridized carbons (Fsp3) is 0.286. The molecule has 0 spiro atoms. The highest BCUT2D eigenvalue weighted by atomic mass is 35.5. The highest BCUT2D eigenvalue weighted by Crippen LogP contribution is 2.31. The van der Waals surface area contributed by atoms with Crippen LogP contribution in [0.3, 0.4) is 0 Å². The van der Waals surface area contributed by atoms with E-state index in [-0.39, 0.29) is 0 Å². The number of halogens is 1. The zero-order chi connectivity index (χ0) is 13.1. The second-order valence-electron chi connectivity index (χ2n) is 4.26. The van der Waals surface area contributed by atoms with Crippen molar-refractivity contribution in [3.8, 4) is 0 Å². The third-order valence-corrected chi connectivity index (χ3v) is 3.30. The fourth-order valence-electron chi connectivity index (χ4n) is 2.10. The van der Waals surface area contributed by atoms with E-state index < -0.39 is 12.2 Å². The minimum absolute atomic E-state index is 0.321. The normalized spacial score (nSPS) is 14.7. The van der Waals surface area contributed by atoms with Crippen molar-refractivity contribution in [1.82, 2.24) is 5.32 Å². The van der Waals surface area contributed by atoms with Crippen LogP contribution in [0.1, 0.15) is 11.7 Å². The molecule has 2 rings (SSSR count). The SMILES string of the molecule is CNCC(O)C(O)c1cccc2cccc(Cl)c12. The molecule has 0 aromatic heterocycles. The average Bonchev–Trinajstić information content (AvgIpc) is 2.38. The van der Waals surface area contributed by atoms with Gasteiger partial charge in [0.25, 0.3) is 0 Å². The summed E-state index contributed by atoms with van der Waals surface area (Å²) in [6.07, 6.45) is -1.82.